The Morgan fingerprint density at radius 1 is 0.271 bits per heavy atom. The molecular weight excluding hydrogens is 1200 g/mol. The third-order valence-corrected chi connectivity index (χ3v) is 12.4. The van der Waals surface area contributed by atoms with E-state index in [1.54, 1.807) is 0 Å². The monoisotopic (exact) mass is 1260 g/mol. The van der Waals surface area contributed by atoms with Gasteiger partial charge in [0.15, 0.2) is 0 Å². The van der Waals surface area contributed by atoms with E-state index in [2.05, 4.69) is 187 Å². The van der Waals surface area contributed by atoms with Gasteiger partial charge in [0, 0.05) is 17.7 Å². The van der Waals surface area contributed by atoms with E-state index in [-0.39, 0.29) is 12.2 Å². The van der Waals surface area contributed by atoms with Crippen LogP contribution < -0.4 is 0 Å². The highest BCUT2D eigenvalue weighted by Crippen LogP contribution is 2.13. The van der Waals surface area contributed by atoms with Crippen LogP contribution in [0.25, 0.3) is 0 Å². The van der Waals surface area contributed by atoms with Gasteiger partial charge in [-0.05, 0) is 44.5 Å². The van der Waals surface area contributed by atoms with Gasteiger partial charge in [-0.25, -0.2) is 0 Å². The standard InChI is InChI=1S/C46H58I4O9/c47-25-37-1-9-41(10-2-37)29-51-17-19-55-33-45(58-23-21-53-31-43-13-5-39(27-49)6-14-43)35-57-36-46(59-24-22-54-32-44-15-7-40(28-50)8-16-44)34-56-20-18-52-30-42-11-3-38(26-48)4-12-42/h1-16,45-46H,17-36H2. The molecule has 0 spiro atoms. The molecule has 0 radical (unpaired) electrons. The molecule has 13 heteroatoms. The van der Waals surface area contributed by atoms with Gasteiger partial charge in [0.2, 0.25) is 0 Å². The van der Waals surface area contributed by atoms with E-state index in [1.165, 1.54) is 22.3 Å². The van der Waals surface area contributed by atoms with Crippen molar-refractivity contribution in [1.29, 1.82) is 0 Å². The summed E-state index contributed by atoms with van der Waals surface area (Å²) in [6, 6.07) is 34.0. The number of ether oxygens (including phenoxy) is 9. The van der Waals surface area contributed by atoms with Crippen LogP contribution in [-0.4, -0.2) is 91.5 Å². The van der Waals surface area contributed by atoms with Crippen LogP contribution in [0, 0.1) is 0 Å². The van der Waals surface area contributed by atoms with Crippen molar-refractivity contribution in [3.8, 4) is 0 Å². The number of rotatable bonds is 34. The number of hydrogen-bond donors (Lipinski definition) is 0. The van der Waals surface area contributed by atoms with E-state index in [4.69, 9.17) is 42.6 Å². The summed E-state index contributed by atoms with van der Waals surface area (Å²) in [5.41, 5.74) is 9.78. The topological polar surface area (TPSA) is 83.1 Å². The van der Waals surface area contributed by atoms with E-state index < -0.39 is 0 Å². The maximum atomic E-state index is 6.21. The molecule has 4 aromatic rings. The van der Waals surface area contributed by atoms with Gasteiger partial charge in [0.25, 0.3) is 0 Å². The predicted molar refractivity (Wildman–Crippen MR) is 267 cm³/mol. The normalized spacial score (nSPS) is 12.5. The van der Waals surface area contributed by atoms with Crippen LogP contribution in [-0.2, 0) is 86.8 Å². The Kier molecular flexibility index (Phi) is 28.6. The lowest BCUT2D eigenvalue weighted by atomic mass is 10.2. The molecule has 2 atom stereocenters. The van der Waals surface area contributed by atoms with Crippen molar-refractivity contribution in [3.63, 3.8) is 0 Å². The van der Waals surface area contributed by atoms with Gasteiger partial charge < -0.3 is 42.6 Å². The highest BCUT2D eigenvalue weighted by atomic mass is 127. The zero-order chi connectivity index (χ0) is 41.6. The van der Waals surface area contributed by atoms with Crippen LogP contribution in [0.5, 0.6) is 0 Å². The van der Waals surface area contributed by atoms with E-state index in [0.29, 0.717) is 106 Å². The van der Waals surface area contributed by atoms with Gasteiger partial charge in [-0.3, -0.25) is 0 Å². The van der Waals surface area contributed by atoms with Crippen molar-refractivity contribution in [3.05, 3.63) is 142 Å². The van der Waals surface area contributed by atoms with Gasteiger partial charge >= 0.3 is 0 Å². The maximum absolute atomic E-state index is 6.21. The third kappa shape index (κ3) is 23.1. The number of hydrogen-bond acceptors (Lipinski definition) is 9. The lowest BCUT2D eigenvalue weighted by Gasteiger charge is -2.22. The lowest BCUT2D eigenvalue weighted by molar-refractivity contribution is -0.110. The van der Waals surface area contributed by atoms with E-state index in [0.717, 1.165) is 40.0 Å². The molecule has 0 heterocycles. The second kappa shape index (κ2) is 33.0. The summed E-state index contributed by atoms with van der Waals surface area (Å²) in [5, 5.41) is 0. The molecule has 4 aromatic carbocycles. The first-order valence-electron chi connectivity index (χ1n) is 19.9. The Bertz CT molecular complexity index is 1490. The summed E-state index contributed by atoms with van der Waals surface area (Å²) >= 11 is 9.48. The Balaban J connectivity index is 1.21. The van der Waals surface area contributed by atoms with E-state index in [1.807, 2.05) is 0 Å². The van der Waals surface area contributed by atoms with Crippen LogP contribution in [0.3, 0.4) is 0 Å². The molecule has 4 rings (SSSR count). The second-order valence-corrected chi connectivity index (χ2v) is 16.7. The van der Waals surface area contributed by atoms with Crippen LogP contribution in [0.1, 0.15) is 44.5 Å². The van der Waals surface area contributed by atoms with Crippen LogP contribution in [0.15, 0.2) is 97.1 Å². The minimum absolute atomic E-state index is 0.301. The van der Waals surface area contributed by atoms with Crippen molar-refractivity contribution < 1.29 is 42.6 Å². The zero-order valence-corrected chi connectivity index (χ0v) is 42.4. The van der Waals surface area contributed by atoms with E-state index >= 15 is 0 Å². The summed E-state index contributed by atoms with van der Waals surface area (Å²) in [4.78, 5) is 0. The number of alkyl halides is 4. The summed E-state index contributed by atoms with van der Waals surface area (Å²) in [5.74, 6) is 0. The third-order valence-electron chi connectivity index (χ3n) is 8.91. The Hall–Kier alpha value is -0.560. The molecule has 2 unspecified atom stereocenters. The molecule has 0 saturated carbocycles. The first-order valence-corrected chi connectivity index (χ1v) is 26.0. The van der Waals surface area contributed by atoms with Gasteiger partial charge in [-0.2, -0.15) is 0 Å². The molecule has 0 N–H and O–H groups in total. The highest BCUT2D eigenvalue weighted by molar-refractivity contribution is 14.1. The highest BCUT2D eigenvalue weighted by Gasteiger charge is 2.15. The van der Waals surface area contributed by atoms with Crippen molar-refractivity contribution in [2.75, 3.05) is 79.3 Å². The summed E-state index contributed by atoms with van der Waals surface area (Å²) < 4.78 is 58.2. The summed E-state index contributed by atoms with van der Waals surface area (Å²) in [6.07, 6.45) is -0.601. The first-order chi connectivity index (χ1) is 29.1. The van der Waals surface area contributed by atoms with Crippen LogP contribution in [0.4, 0.5) is 0 Å². The molecule has 0 bridgehead atoms. The second-order valence-electron chi connectivity index (χ2n) is 13.7. The molecule has 0 aromatic heterocycles. The molecule has 0 aliphatic heterocycles. The van der Waals surface area contributed by atoms with E-state index in [9.17, 15) is 0 Å². The molecule has 59 heavy (non-hydrogen) atoms. The largest absolute Gasteiger partial charge is 0.376 e. The Labute approximate surface area is 406 Å². The SMILES string of the molecule is ICc1ccc(COCCOCC(COCC(COCCOCc2ccc(CI)cc2)OCCOCc2ccc(CI)cc2)OCCOCc2ccc(CI)cc2)cc1. The molecule has 0 aliphatic carbocycles. The van der Waals surface area contributed by atoms with Gasteiger partial charge in [-0.15, -0.1) is 0 Å². The van der Waals surface area contributed by atoms with Crippen LogP contribution >= 0.6 is 90.4 Å². The predicted octanol–water partition coefficient (Wildman–Crippen LogP) is 10.4. The summed E-state index contributed by atoms with van der Waals surface area (Å²) in [6.45, 7) is 7.12. The van der Waals surface area contributed by atoms with Crippen molar-refractivity contribution in [2.45, 2.75) is 56.3 Å². The van der Waals surface area contributed by atoms with Gasteiger partial charge in [0.1, 0.15) is 12.2 Å². The fraction of sp³-hybridized carbons (Fsp3) is 0.478. The molecule has 9 nitrogen and oxygen atoms in total. The summed E-state index contributed by atoms with van der Waals surface area (Å²) in [7, 11) is 0. The minimum atomic E-state index is -0.301. The Morgan fingerprint density at radius 2 is 0.492 bits per heavy atom. The molecule has 0 saturated heterocycles. The number of halogens is 4. The van der Waals surface area contributed by atoms with Crippen molar-refractivity contribution in [2.24, 2.45) is 0 Å². The molecule has 0 fully saturated rings. The van der Waals surface area contributed by atoms with Gasteiger partial charge in [-0.1, -0.05) is 187 Å². The first kappa shape index (κ1) is 51.1. The molecule has 324 valence electrons. The molecular formula is C46H58I4O9. The van der Waals surface area contributed by atoms with Crippen molar-refractivity contribution in [1.82, 2.24) is 0 Å². The van der Waals surface area contributed by atoms with Crippen molar-refractivity contribution >= 4 is 90.4 Å². The van der Waals surface area contributed by atoms with Gasteiger partial charge in [0.05, 0.1) is 106 Å². The minimum Gasteiger partial charge on any atom is -0.376 e. The average Bonchev–Trinajstić information content (AvgIpc) is 3.28. The maximum Gasteiger partial charge on any atom is 0.104 e. The fourth-order valence-corrected chi connectivity index (χ4v) is 7.52. The average molecular weight is 1260 g/mol. The lowest BCUT2D eigenvalue weighted by Crippen LogP contribution is -2.32. The molecule has 0 amide bonds. The Morgan fingerprint density at radius 3 is 0.763 bits per heavy atom. The number of benzene rings is 4. The smallest absolute Gasteiger partial charge is 0.104 e. The zero-order valence-electron chi connectivity index (χ0n) is 33.7. The quantitative estimate of drug-likeness (QED) is 0.0258. The van der Waals surface area contributed by atoms with Crippen LogP contribution in [0.2, 0.25) is 0 Å². The molecule has 0 aliphatic rings. The fourth-order valence-electron chi connectivity index (χ4n) is 5.49.